The highest BCUT2D eigenvalue weighted by Crippen LogP contribution is 2.33. The third kappa shape index (κ3) is 5.85. The van der Waals surface area contributed by atoms with Gasteiger partial charge in [-0.1, -0.05) is 6.07 Å². The van der Waals surface area contributed by atoms with Crippen molar-refractivity contribution in [3.8, 4) is 0 Å². The standard InChI is InChI=1S/C18H23F3N2O4/c1-17(2,3)27-16(26)23-8-6-22(7-9-23)11-13-5-4-12(15(24)25)10-14(13)18(19,20)21/h4-5,10H,6-9,11H2,1-3H3,(H,24,25). The van der Waals surface area contributed by atoms with Crippen LogP contribution in [0, 0.1) is 0 Å². The van der Waals surface area contributed by atoms with E-state index in [4.69, 9.17) is 9.84 Å². The number of alkyl halides is 3. The molecule has 1 aliphatic rings. The third-order valence-electron chi connectivity index (χ3n) is 4.08. The second-order valence-corrected chi connectivity index (χ2v) is 7.42. The van der Waals surface area contributed by atoms with Gasteiger partial charge in [0.05, 0.1) is 11.1 Å². The number of halogens is 3. The Hall–Kier alpha value is -2.29. The molecule has 0 aromatic heterocycles. The third-order valence-corrected chi connectivity index (χ3v) is 4.08. The van der Waals surface area contributed by atoms with Crippen molar-refractivity contribution in [3.05, 3.63) is 34.9 Å². The molecule has 2 rings (SSSR count). The van der Waals surface area contributed by atoms with Gasteiger partial charge in [-0.25, -0.2) is 9.59 Å². The first-order chi connectivity index (χ1) is 12.4. The maximum atomic E-state index is 13.3. The van der Waals surface area contributed by atoms with Gasteiger partial charge in [-0.3, -0.25) is 4.90 Å². The molecule has 27 heavy (non-hydrogen) atoms. The van der Waals surface area contributed by atoms with Gasteiger partial charge in [0.1, 0.15) is 5.60 Å². The fourth-order valence-corrected chi connectivity index (χ4v) is 2.77. The maximum absolute atomic E-state index is 13.3. The summed E-state index contributed by atoms with van der Waals surface area (Å²) in [6.45, 7) is 6.82. The molecule has 6 nitrogen and oxygen atoms in total. The Morgan fingerprint density at radius 1 is 1.11 bits per heavy atom. The SMILES string of the molecule is CC(C)(C)OC(=O)N1CCN(Cc2ccc(C(=O)O)cc2C(F)(F)F)CC1. The first-order valence-electron chi connectivity index (χ1n) is 8.50. The van der Waals surface area contributed by atoms with Crippen LogP contribution < -0.4 is 0 Å². The second kappa shape index (κ2) is 7.75. The summed E-state index contributed by atoms with van der Waals surface area (Å²) in [6, 6.07) is 3.03. The van der Waals surface area contributed by atoms with Gasteiger partial charge in [0, 0.05) is 32.7 Å². The zero-order chi connectivity index (χ0) is 20.4. The van der Waals surface area contributed by atoms with Gasteiger partial charge in [0.15, 0.2) is 0 Å². The summed E-state index contributed by atoms with van der Waals surface area (Å²) in [5.74, 6) is -1.40. The average Bonchev–Trinajstić information content (AvgIpc) is 2.53. The van der Waals surface area contributed by atoms with E-state index in [1.165, 1.54) is 17.0 Å². The van der Waals surface area contributed by atoms with Crippen molar-refractivity contribution in [3.63, 3.8) is 0 Å². The molecule has 0 unspecified atom stereocenters. The highest BCUT2D eigenvalue weighted by Gasteiger charge is 2.35. The molecule has 1 heterocycles. The molecule has 1 aliphatic heterocycles. The summed E-state index contributed by atoms with van der Waals surface area (Å²) in [4.78, 5) is 26.3. The van der Waals surface area contributed by atoms with E-state index in [-0.39, 0.29) is 12.1 Å². The number of ether oxygens (including phenoxy) is 1. The van der Waals surface area contributed by atoms with Gasteiger partial charge >= 0.3 is 18.2 Å². The fourth-order valence-electron chi connectivity index (χ4n) is 2.77. The molecule has 0 saturated carbocycles. The van der Waals surface area contributed by atoms with Crippen LogP contribution in [0.5, 0.6) is 0 Å². The lowest BCUT2D eigenvalue weighted by Crippen LogP contribution is -2.49. The van der Waals surface area contributed by atoms with E-state index in [2.05, 4.69) is 0 Å². The second-order valence-electron chi connectivity index (χ2n) is 7.42. The van der Waals surface area contributed by atoms with Gasteiger partial charge in [0.2, 0.25) is 0 Å². The molecule has 1 fully saturated rings. The van der Waals surface area contributed by atoms with E-state index in [9.17, 15) is 22.8 Å². The molecule has 1 amide bonds. The molecule has 1 aromatic carbocycles. The molecule has 0 bridgehead atoms. The number of carboxylic acids is 1. The Morgan fingerprint density at radius 2 is 1.70 bits per heavy atom. The first-order valence-corrected chi connectivity index (χ1v) is 8.50. The van der Waals surface area contributed by atoms with Gasteiger partial charge in [-0.2, -0.15) is 13.2 Å². The number of benzene rings is 1. The summed E-state index contributed by atoms with van der Waals surface area (Å²) in [7, 11) is 0. The minimum Gasteiger partial charge on any atom is -0.478 e. The molecule has 0 spiro atoms. The molecule has 0 atom stereocenters. The molecule has 1 aromatic rings. The zero-order valence-electron chi connectivity index (χ0n) is 15.5. The Morgan fingerprint density at radius 3 is 2.19 bits per heavy atom. The van der Waals surface area contributed by atoms with Crippen molar-refractivity contribution in [2.24, 2.45) is 0 Å². The Bertz CT molecular complexity index is 706. The van der Waals surface area contributed by atoms with Crippen molar-refractivity contribution in [1.29, 1.82) is 0 Å². The summed E-state index contributed by atoms with van der Waals surface area (Å²) >= 11 is 0. The molecule has 1 N–H and O–H groups in total. The summed E-state index contributed by atoms with van der Waals surface area (Å²) < 4.78 is 45.2. The molecule has 0 radical (unpaired) electrons. The molecular weight excluding hydrogens is 365 g/mol. The Balaban J connectivity index is 2.05. The average molecular weight is 388 g/mol. The molecule has 150 valence electrons. The van der Waals surface area contributed by atoms with E-state index < -0.39 is 35.0 Å². The van der Waals surface area contributed by atoms with E-state index >= 15 is 0 Å². The van der Waals surface area contributed by atoms with Crippen LogP contribution in [0.1, 0.15) is 42.3 Å². The lowest BCUT2D eigenvalue weighted by Gasteiger charge is -2.35. The molecule has 9 heteroatoms. The van der Waals surface area contributed by atoms with Crippen LogP contribution in [0.2, 0.25) is 0 Å². The number of rotatable bonds is 3. The predicted molar refractivity (Wildman–Crippen MR) is 91.5 cm³/mol. The predicted octanol–water partition coefficient (Wildman–Crippen LogP) is 3.46. The first kappa shape index (κ1) is 21.0. The smallest absolute Gasteiger partial charge is 0.416 e. The van der Waals surface area contributed by atoms with Crippen LogP contribution in [0.4, 0.5) is 18.0 Å². The number of aromatic carboxylic acids is 1. The number of carbonyl (C=O) groups is 2. The van der Waals surface area contributed by atoms with Crippen molar-refractivity contribution in [2.75, 3.05) is 26.2 Å². The van der Waals surface area contributed by atoms with Crippen LogP contribution in [-0.2, 0) is 17.5 Å². The largest absolute Gasteiger partial charge is 0.478 e. The van der Waals surface area contributed by atoms with Crippen LogP contribution in [0.3, 0.4) is 0 Å². The molecule has 1 saturated heterocycles. The topological polar surface area (TPSA) is 70.1 Å². The quantitative estimate of drug-likeness (QED) is 0.859. The lowest BCUT2D eigenvalue weighted by atomic mass is 10.0. The highest BCUT2D eigenvalue weighted by molar-refractivity contribution is 5.88. The molecule has 0 aliphatic carbocycles. The Kier molecular flexibility index (Phi) is 6.04. The van der Waals surface area contributed by atoms with Gasteiger partial charge in [-0.05, 0) is 38.5 Å². The Labute approximate surface area is 155 Å². The summed E-state index contributed by atoms with van der Waals surface area (Å²) in [5.41, 5.74) is -1.95. The van der Waals surface area contributed by atoms with Crippen molar-refractivity contribution in [1.82, 2.24) is 9.80 Å². The monoisotopic (exact) mass is 388 g/mol. The number of piperazine rings is 1. The normalized spacial score (nSPS) is 16.3. The van der Waals surface area contributed by atoms with Crippen LogP contribution in [-0.4, -0.2) is 58.7 Å². The van der Waals surface area contributed by atoms with E-state index in [1.807, 2.05) is 0 Å². The van der Waals surface area contributed by atoms with Crippen molar-refractivity contribution in [2.45, 2.75) is 39.1 Å². The van der Waals surface area contributed by atoms with Gasteiger partial charge < -0.3 is 14.7 Å². The maximum Gasteiger partial charge on any atom is 0.416 e. The number of hydrogen-bond donors (Lipinski definition) is 1. The number of hydrogen-bond acceptors (Lipinski definition) is 4. The fraction of sp³-hybridized carbons (Fsp3) is 0.556. The highest BCUT2D eigenvalue weighted by atomic mass is 19.4. The van der Waals surface area contributed by atoms with Gasteiger partial charge in [-0.15, -0.1) is 0 Å². The number of carboxylic acid groups (broad SMARTS) is 1. The summed E-state index contributed by atoms with van der Waals surface area (Å²) in [6.07, 6.45) is -5.08. The number of amides is 1. The van der Waals surface area contributed by atoms with Crippen LogP contribution >= 0.6 is 0 Å². The van der Waals surface area contributed by atoms with Crippen molar-refractivity contribution >= 4 is 12.1 Å². The number of nitrogens with zero attached hydrogens (tertiary/aromatic N) is 2. The number of carbonyl (C=O) groups excluding carboxylic acids is 1. The lowest BCUT2D eigenvalue weighted by molar-refractivity contribution is -0.138. The van der Waals surface area contributed by atoms with Crippen molar-refractivity contribution < 1.29 is 32.6 Å². The minimum absolute atomic E-state index is 0.0122. The van der Waals surface area contributed by atoms with E-state index in [0.29, 0.717) is 32.2 Å². The summed E-state index contributed by atoms with van der Waals surface area (Å²) in [5, 5.41) is 8.92. The van der Waals surface area contributed by atoms with Crippen LogP contribution in [0.25, 0.3) is 0 Å². The zero-order valence-corrected chi connectivity index (χ0v) is 15.5. The van der Waals surface area contributed by atoms with Crippen LogP contribution in [0.15, 0.2) is 18.2 Å². The minimum atomic E-state index is -4.64. The molecular formula is C18H23F3N2O4. The van der Waals surface area contributed by atoms with Gasteiger partial charge in [0.25, 0.3) is 0 Å². The van der Waals surface area contributed by atoms with E-state index in [0.717, 1.165) is 0 Å². The van der Waals surface area contributed by atoms with E-state index in [1.54, 1.807) is 25.7 Å².